The van der Waals surface area contributed by atoms with Crippen molar-refractivity contribution in [1.29, 1.82) is 0 Å². The van der Waals surface area contributed by atoms with Gasteiger partial charge in [0.25, 0.3) is 5.56 Å². The molecule has 0 aromatic carbocycles. The summed E-state index contributed by atoms with van der Waals surface area (Å²) in [6, 6.07) is 0. The molecule has 0 saturated heterocycles. The van der Waals surface area contributed by atoms with E-state index in [1.807, 2.05) is 0 Å². The predicted octanol–water partition coefficient (Wildman–Crippen LogP) is 1.18. The molecule has 0 radical (unpaired) electrons. The van der Waals surface area contributed by atoms with E-state index in [9.17, 15) is 4.79 Å². The Morgan fingerprint density at radius 3 is 3.07 bits per heavy atom. The Balaban J connectivity index is 2.28. The van der Waals surface area contributed by atoms with Crippen molar-refractivity contribution in [3.63, 3.8) is 0 Å². The van der Waals surface area contributed by atoms with E-state index in [0.29, 0.717) is 16.9 Å². The number of nitrogens with zero attached hydrogens (tertiary/aromatic N) is 2. The SMILES string of the molecule is O=c1[nH]ncc2onc(C3CCC3)c12. The highest BCUT2D eigenvalue weighted by molar-refractivity contribution is 5.77. The standard InChI is InChI=1S/C9H9N3O2/c13-9-7-6(4-10-11-9)14-12-8(7)5-2-1-3-5/h4-5H,1-3H2,(H,11,13). The lowest BCUT2D eigenvalue weighted by Gasteiger charge is -2.22. The van der Waals surface area contributed by atoms with Crippen LogP contribution < -0.4 is 5.56 Å². The minimum Gasteiger partial charge on any atom is -0.354 e. The van der Waals surface area contributed by atoms with Crippen LogP contribution >= 0.6 is 0 Å². The lowest BCUT2D eigenvalue weighted by atomic mass is 9.82. The van der Waals surface area contributed by atoms with Crippen LogP contribution in [-0.2, 0) is 0 Å². The molecule has 0 amide bonds. The Labute approximate surface area is 79.1 Å². The summed E-state index contributed by atoms with van der Waals surface area (Å²) >= 11 is 0. The van der Waals surface area contributed by atoms with E-state index in [1.54, 1.807) is 0 Å². The lowest BCUT2D eigenvalue weighted by Crippen LogP contribution is -2.14. The molecule has 1 fully saturated rings. The summed E-state index contributed by atoms with van der Waals surface area (Å²) in [5.41, 5.74) is 1.08. The third-order valence-corrected chi connectivity index (χ3v) is 2.81. The van der Waals surface area contributed by atoms with Crippen molar-refractivity contribution in [2.75, 3.05) is 0 Å². The Morgan fingerprint density at radius 2 is 2.36 bits per heavy atom. The fourth-order valence-electron chi connectivity index (χ4n) is 1.80. The second kappa shape index (κ2) is 2.67. The summed E-state index contributed by atoms with van der Waals surface area (Å²) in [4.78, 5) is 11.5. The lowest BCUT2D eigenvalue weighted by molar-refractivity contribution is 0.375. The predicted molar refractivity (Wildman–Crippen MR) is 49.0 cm³/mol. The van der Waals surface area contributed by atoms with Gasteiger partial charge in [0.15, 0.2) is 5.58 Å². The summed E-state index contributed by atoms with van der Waals surface area (Å²) in [6.45, 7) is 0. The number of fused-ring (bicyclic) bond motifs is 1. The quantitative estimate of drug-likeness (QED) is 0.734. The van der Waals surface area contributed by atoms with Crippen LogP contribution in [0.25, 0.3) is 11.0 Å². The maximum atomic E-state index is 11.5. The van der Waals surface area contributed by atoms with Crippen LogP contribution in [0.4, 0.5) is 0 Å². The zero-order valence-electron chi connectivity index (χ0n) is 7.49. The topological polar surface area (TPSA) is 71.8 Å². The first kappa shape index (κ1) is 7.73. The van der Waals surface area contributed by atoms with Gasteiger partial charge in [0, 0.05) is 5.92 Å². The van der Waals surface area contributed by atoms with Crippen LogP contribution in [0.15, 0.2) is 15.5 Å². The normalized spacial score (nSPS) is 17.1. The first-order valence-corrected chi connectivity index (χ1v) is 4.69. The molecule has 1 N–H and O–H groups in total. The van der Waals surface area contributed by atoms with E-state index in [2.05, 4.69) is 15.4 Å². The minimum absolute atomic E-state index is 0.203. The highest BCUT2D eigenvalue weighted by Gasteiger charge is 2.26. The number of hydrogen-bond acceptors (Lipinski definition) is 4. The maximum absolute atomic E-state index is 11.5. The van der Waals surface area contributed by atoms with Crippen molar-refractivity contribution >= 4 is 11.0 Å². The third kappa shape index (κ3) is 0.921. The molecule has 14 heavy (non-hydrogen) atoms. The molecule has 2 aromatic heterocycles. The van der Waals surface area contributed by atoms with Gasteiger partial charge in [0.2, 0.25) is 0 Å². The van der Waals surface area contributed by atoms with E-state index in [4.69, 9.17) is 4.52 Å². The van der Waals surface area contributed by atoms with Gasteiger partial charge < -0.3 is 4.52 Å². The van der Waals surface area contributed by atoms with Crippen molar-refractivity contribution in [2.24, 2.45) is 0 Å². The van der Waals surface area contributed by atoms with Crippen molar-refractivity contribution in [2.45, 2.75) is 25.2 Å². The minimum atomic E-state index is -0.203. The van der Waals surface area contributed by atoms with Crippen molar-refractivity contribution < 1.29 is 4.52 Å². The molecule has 3 rings (SSSR count). The van der Waals surface area contributed by atoms with Crippen LogP contribution in [0.2, 0.25) is 0 Å². The maximum Gasteiger partial charge on any atom is 0.277 e. The summed E-state index contributed by atoms with van der Waals surface area (Å²) < 4.78 is 5.05. The monoisotopic (exact) mass is 191 g/mol. The van der Waals surface area contributed by atoms with Gasteiger partial charge in [0.05, 0.1) is 6.20 Å². The number of aromatic nitrogens is 3. The third-order valence-electron chi connectivity index (χ3n) is 2.81. The van der Waals surface area contributed by atoms with E-state index in [1.165, 1.54) is 12.6 Å². The molecule has 1 saturated carbocycles. The van der Waals surface area contributed by atoms with Crippen molar-refractivity contribution in [1.82, 2.24) is 15.4 Å². The molecule has 0 aliphatic heterocycles. The fraction of sp³-hybridized carbons (Fsp3) is 0.444. The fourth-order valence-corrected chi connectivity index (χ4v) is 1.80. The summed E-state index contributed by atoms with van der Waals surface area (Å²) in [5, 5.41) is 10.6. The van der Waals surface area contributed by atoms with Crippen molar-refractivity contribution in [3.05, 3.63) is 22.2 Å². The molecule has 0 spiro atoms. The van der Waals surface area contributed by atoms with Gasteiger partial charge in [-0.2, -0.15) is 5.10 Å². The van der Waals surface area contributed by atoms with Gasteiger partial charge in [0.1, 0.15) is 11.1 Å². The molecule has 2 heterocycles. The van der Waals surface area contributed by atoms with E-state index in [0.717, 1.165) is 18.5 Å². The van der Waals surface area contributed by atoms with Gasteiger partial charge >= 0.3 is 0 Å². The molecule has 0 unspecified atom stereocenters. The average Bonchev–Trinajstić information content (AvgIpc) is 2.47. The highest BCUT2D eigenvalue weighted by atomic mass is 16.5. The van der Waals surface area contributed by atoms with Gasteiger partial charge in [-0.3, -0.25) is 4.79 Å². The van der Waals surface area contributed by atoms with Crippen molar-refractivity contribution in [3.8, 4) is 0 Å². The number of H-pyrrole nitrogens is 1. The number of hydrogen-bond donors (Lipinski definition) is 1. The smallest absolute Gasteiger partial charge is 0.277 e. The molecule has 5 heteroatoms. The zero-order chi connectivity index (χ0) is 9.54. The van der Waals surface area contributed by atoms with Gasteiger partial charge in [-0.05, 0) is 12.8 Å². The zero-order valence-corrected chi connectivity index (χ0v) is 7.49. The Kier molecular flexibility index (Phi) is 1.47. The van der Waals surface area contributed by atoms with Gasteiger partial charge in [-0.1, -0.05) is 11.6 Å². The first-order valence-electron chi connectivity index (χ1n) is 4.69. The molecule has 1 aliphatic rings. The second-order valence-electron chi connectivity index (χ2n) is 3.63. The number of nitrogens with one attached hydrogen (secondary N) is 1. The molecule has 1 aliphatic carbocycles. The van der Waals surface area contributed by atoms with Crippen LogP contribution in [0.5, 0.6) is 0 Å². The van der Waals surface area contributed by atoms with Crippen LogP contribution in [0, 0.1) is 0 Å². The first-order chi connectivity index (χ1) is 6.86. The Morgan fingerprint density at radius 1 is 1.50 bits per heavy atom. The summed E-state index contributed by atoms with van der Waals surface area (Å²) in [7, 11) is 0. The van der Waals surface area contributed by atoms with E-state index in [-0.39, 0.29) is 5.56 Å². The van der Waals surface area contributed by atoms with Gasteiger partial charge in [-0.15, -0.1) is 0 Å². The highest BCUT2D eigenvalue weighted by Crippen LogP contribution is 2.37. The molecule has 72 valence electrons. The van der Waals surface area contributed by atoms with E-state index < -0.39 is 0 Å². The van der Waals surface area contributed by atoms with Crippen LogP contribution in [-0.4, -0.2) is 15.4 Å². The molecule has 0 bridgehead atoms. The Hall–Kier alpha value is -1.65. The molecule has 2 aromatic rings. The average molecular weight is 191 g/mol. The molecular weight excluding hydrogens is 182 g/mol. The molecule has 5 nitrogen and oxygen atoms in total. The van der Waals surface area contributed by atoms with Gasteiger partial charge in [-0.25, -0.2) is 5.10 Å². The second-order valence-corrected chi connectivity index (χ2v) is 3.63. The molecule has 0 atom stereocenters. The molecular formula is C9H9N3O2. The van der Waals surface area contributed by atoms with Crippen LogP contribution in [0.1, 0.15) is 30.9 Å². The summed E-state index contributed by atoms with van der Waals surface area (Å²) in [5.74, 6) is 0.403. The largest absolute Gasteiger partial charge is 0.354 e. The summed E-state index contributed by atoms with van der Waals surface area (Å²) in [6.07, 6.45) is 4.90. The van der Waals surface area contributed by atoms with Crippen LogP contribution in [0.3, 0.4) is 0 Å². The number of aromatic amines is 1. The van der Waals surface area contributed by atoms with E-state index >= 15 is 0 Å². The number of rotatable bonds is 1. The Bertz CT molecular complexity index is 524.